The van der Waals surface area contributed by atoms with Crippen molar-refractivity contribution in [2.45, 2.75) is 19.0 Å². The highest BCUT2D eigenvalue weighted by atomic mass is 19.1. The largest absolute Gasteiger partial charge is 0.459 e. The van der Waals surface area contributed by atoms with Crippen LogP contribution < -0.4 is 21.1 Å². The smallest absolute Gasteiger partial charge is 0.249 e. The number of hydrogen-bond acceptors (Lipinski definition) is 6. The van der Waals surface area contributed by atoms with Crippen molar-refractivity contribution in [2.24, 2.45) is 0 Å². The number of nitrogens with zero attached hydrogens (tertiary/aromatic N) is 2. The van der Waals surface area contributed by atoms with E-state index in [1.54, 1.807) is 31.3 Å². The number of ether oxygens (including phenoxy) is 1. The third-order valence-electron chi connectivity index (χ3n) is 5.65. The standard InChI is InChI=1S/C27H29F2N5O2/c1-32-11-10-18-4-3-5-20(12-18)25(33-23-8-6-19(15-30)7-9-23)27(35)34(2)16-21-13-22(31)14-24(29)26(21)36-17-28/h3-9,12-14,25,32-33H,10-11,16-17,31H2,1-2H3. The molecular weight excluding hydrogens is 464 g/mol. The highest BCUT2D eigenvalue weighted by Crippen LogP contribution is 2.29. The van der Waals surface area contributed by atoms with Gasteiger partial charge in [-0.3, -0.25) is 4.79 Å². The molecule has 188 valence electrons. The molecule has 1 unspecified atom stereocenters. The van der Waals surface area contributed by atoms with Crippen LogP contribution in [-0.2, 0) is 17.8 Å². The van der Waals surface area contributed by atoms with Crippen LogP contribution in [0.5, 0.6) is 5.75 Å². The zero-order valence-corrected chi connectivity index (χ0v) is 20.2. The van der Waals surface area contributed by atoms with Gasteiger partial charge in [-0.2, -0.15) is 5.26 Å². The molecule has 0 saturated heterocycles. The van der Waals surface area contributed by atoms with E-state index < -0.39 is 18.7 Å². The molecule has 0 aliphatic rings. The number of carbonyl (C=O) groups excluding carboxylic acids is 1. The van der Waals surface area contributed by atoms with E-state index in [1.165, 1.54) is 11.0 Å². The minimum atomic E-state index is -1.21. The molecule has 0 aliphatic heterocycles. The zero-order chi connectivity index (χ0) is 26.1. The number of rotatable bonds is 11. The Balaban J connectivity index is 1.93. The van der Waals surface area contributed by atoms with Gasteiger partial charge in [0.1, 0.15) is 6.04 Å². The van der Waals surface area contributed by atoms with Crippen molar-refractivity contribution in [1.29, 1.82) is 5.26 Å². The fourth-order valence-electron chi connectivity index (χ4n) is 3.85. The molecule has 7 nitrogen and oxygen atoms in total. The molecule has 3 rings (SSSR count). The van der Waals surface area contributed by atoms with Gasteiger partial charge in [0.15, 0.2) is 11.6 Å². The second-order valence-corrected chi connectivity index (χ2v) is 8.30. The summed E-state index contributed by atoms with van der Waals surface area (Å²) in [4.78, 5) is 15.1. The summed E-state index contributed by atoms with van der Waals surface area (Å²) in [7, 11) is 3.44. The van der Waals surface area contributed by atoms with E-state index in [1.807, 2.05) is 31.3 Å². The van der Waals surface area contributed by atoms with Gasteiger partial charge in [0.05, 0.1) is 11.6 Å². The summed E-state index contributed by atoms with van der Waals surface area (Å²) in [6.45, 7) is -0.488. The monoisotopic (exact) mass is 493 g/mol. The van der Waals surface area contributed by atoms with Crippen LogP contribution in [0, 0.1) is 17.1 Å². The predicted molar refractivity (Wildman–Crippen MR) is 135 cm³/mol. The predicted octanol–water partition coefficient (Wildman–Crippen LogP) is 4.16. The maximum Gasteiger partial charge on any atom is 0.249 e. The van der Waals surface area contributed by atoms with Crippen LogP contribution in [0.3, 0.4) is 0 Å². The van der Waals surface area contributed by atoms with E-state index in [2.05, 4.69) is 16.7 Å². The Morgan fingerprint density at radius 2 is 1.94 bits per heavy atom. The molecule has 0 bridgehead atoms. The Bertz CT molecular complexity index is 1230. The minimum Gasteiger partial charge on any atom is -0.459 e. The number of anilines is 2. The van der Waals surface area contributed by atoms with E-state index in [-0.39, 0.29) is 29.5 Å². The second-order valence-electron chi connectivity index (χ2n) is 8.30. The lowest BCUT2D eigenvalue weighted by atomic mass is 10.0. The zero-order valence-electron chi connectivity index (χ0n) is 20.2. The first kappa shape index (κ1) is 26.4. The van der Waals surface area contributed by atoms with Gasteiger partial charge in [-0.15, -0.1) is 0 Å². The molecule has 3 aromatic rings. The number of hydrogen-bond donors (Lipinski definition) is 3. The molecule has 4 N–H and O–H groups in total. The van der Waals surface area contributed by atoms with Gasteiger partial charge in [-0.1, -0.05) is 24.3 Å². The molecule has 1 amide bonds. The molecule has 9 heteroatoms. The van der Waals surface area contributed by atoms with Gasteiger partial charge in [-0.05, 0) is 61.5 Å². The van der Waals surface area contributed by atoms with E-state index in [9.17, 15) is 13.6 Å². The van der Waals surface area contributed by atoms with Gasteiger partial charge in [0, 0.05) is 36.6 Å². The first-order valence-electron chi connectivity index (χ1n) is 11.4. The van der Waals surface area contributed by atoms with Gasteiger partial charge < -0.3 is 26.0 Å². The summed E-state index contributed by atoms with van der Waals surface area (Å²) >= 11 is 0. The molecule has 0 saturated carbocycles. The number of nitrogen functional groups attached to an aromatic ring is 1. The molecule has 3 aromatic carbocycles. The van der Waals surface area contributed by atoms with Crippen LogP contribution in [0.1, 0.15) is 28.3 Å². The summed E-state index contributed by atoms with van der Waals surface area (Å²) < 4.78 is 32.1. The number of nitrogens with two attached hydrogens (primary N) is 1. The molecule has 0 aromatic heterocycles. The number of amides is 1. The van der Waals surface area contributed by atoms with Crippen molar-refractivity contribution in [3.8, 4) is 11.8 Å². The van der Waals surface area contributed by atoms with Crippen LogP contribution in [-0.4, -0.2) is 38.3 Å². The normalized spacial score (nSPS) is 11.4. The van der Waals surface area contributed by atoms with Crippen LogP contribution in [0.15, 0.2) is 60.7 Å². The van der Waals surface area contributed by atoms with Crippen molar-refractivity contribution in [3.63, 3.8) is 0 Å². The maximum atomic E-state index is 14.4. The number of benzene rings is 3. The topological polar surface area (TPSA) is 103 Å². The van der Waals surface area contributed by atoms with Crippen molar-refractivity contribution in [2.75, 3.05) is 38.6 Å². The number of alkyl halides is 1. The number of nitrogens with one attached hydrogen (secondary N) is 2. The molecule has 0 aliphatic carbocycles. The lowest BCUT2D eigenvalue weighted by Crippen LogP contribution is -2.35. The van der Waals surface area contributed by atoms with Crippen LogP contribution in [0.25, 0.3) is 0 Å². The lowest BCUT2D eigenvalue weighted by Gasteiger charge is -2.27. The van der Waals surface area contributed by atoms with Gasteiger partial charge in [0.25, 0.3) is 0 Å². The van der Waals surface area contributed by atoms with E-state index in [0.29, 0.717) is 11.3 Å². The van der Waals surface area contributed by atoms with E-state index >= 15 is 0 Å². The molecule has 1 atom stereocenters. The van der Waals surface area contributed by atoms with Crippen molar-refractivity contribution in [1.82, 2.24) is 10.2 Å². The van der Waals surface area contributed by atoms with Gasteiger partial charge >= 0.3 is 0 Å². The summed E-state index contributed by atoms with van der Waals surface area (Å²) in [5, 5.41) is 15.4. The molecule has 0 radical (unpaired) electrons. The number of nitriles is 1. The molecule has 0 fully saturated rings. The summed E-state index contributed by atoms with van der Waals surface area (Å²) in [6.07, 6.45) is 0.782. The van der Waals surface area contributed by atoms with Crippen molar-refractivity contribution in [3.05, 3.63) is 88.7 Å². The summed E-state index contributed by atoms with van der Waals surface area (Å²) in [5.41, 5.74) is 9.11. The fourth-order valence-corrected chi connectivity index (χ4v) is 3.85. The second kappa shape index (κ2) is 12.5. The number of halogens is 2. The Kier molecular flexibility index (Phi) is 9.19. The third-order valence-corrected chi connectivity index (χ3v) is 5.65. The van der Waals surface area contributed by atoms with E-state index in [4.69, 9.17) is 15.7 Å². The van der Waals surface area contributed by atoms with Crippen LogP contribution in [0.4, 0.5) is 20.2 Å². The highest BCUT2D eigenvalue weighted by molar-refractivity contribution is 5.86. The molecule has 0 heterocycles. The molecule has 0 spiro atoms. The fraction of sp³-hybridized carbons (Fsp3) is 0.259. The first-order valence-corrected chi connectivity index (χ1v) is 11.4. The van der Waals surface area contributed by atoms with Gasteiger partial charge in [-0.25, -0.2) is 8.78 Å². The maximum absolute atomic E-state index is 14.4. The summed E-state index contributed by atoms with van der Waals surface area (Å²) in [6, 6.07) is 18.3. The lowest BCUT2D eigenvalue weighted by molar-refractivity contribution is -0.131. The first-order chi connectivity index (χ1) is 17.4. The highest BCUT2D eigenvalue weighted by Gasteiger charge is 2.26. The quantitative estimate of drug-likeness (QED) is 0.347. The van der Waals surface area contributed by atoms with Crippen molar-refractivity contribution < 1.29 is 18.3 Å². The van der Waals surface area contributed by atoms with E-state index in [0.717, 1.165) is 30.2 Å². The minimum absolute atomic E-state index is 0.0544. The van der Waals surface area contributed by atoms with Crippen LogP contribution >= 0.6 is 0 Å². The van der Waals surface area contributed by atoms with Crippen molar-refractivity contribution >= 4 is 17.3 Å². The average molecular weight is 494 g/mol. The van der Waals surface area contributed by atoms with Gasteiger partial charge in [0.2, 0.25) is 12.8 Å². The average Bonchev–Trinajstić information content (AvgIpc) is 2.88. The third kappa shape index (κ3) is 6.71. The molecular formula is C27H29F2N5O2. The Labute approximate surface area is 209 Å². The number of carbonyl (C=O) groups is 1. The Morgan fingerprint density at radius 3 is 2.61 bits per heavy atom. The SMILES string of the molecule is CNCCc1cccc(C(Nc2ccc(C#N)cc2)C(=O)N(C)Cc2cc(N)cc(F)c2OCF)c1. The number of likely N-dealkylation sites (N-methyl/N-ethyl adjacent to an activating group) is 2. The Morgan fingerprint density at radius 1 is 1.19 bits per heavy atom. The van der Waals surface area contributed by atoms with Crippen LogP contribution in [0.2, 0.25) is 0 Å². The molecule has 36 heavy (non-hydrogen) atoms. The summed E-state index contributed by atoms with van der Waals surface area (Å²) in [5.74, 6) is -1.39. The Hall–Kier alpha value is -4.16.